The molecule has 3 nitrogen and oxygen atoms in total. The Morgan fingerprint density at radius 2 is 0.935 bits per heavy atom. The minimum atomic E-state index is 0.942. The molecule has 46 heavy (non-hydrogen) atoms. The van der Waals surface area contributed by atoms with Crippen LogP contribution < -0.4 is 0 Å². The lowest BCUT2D eigenvalue weighted by atomic mass is 9.99. The van der Waals surface area contributed by atoms with E-state index in [1.165, 1.54) is 60.3 Å². The fourth-order valence-corrected chi connectivity index (χ4v) is 7.37. The van der Waals surface area contributed by atoms with Gasteiger partial charge in [0.2, 0.25) is 0 Å². The van der Waals surface area contributed by atoms with Crippen molar-refractivity contribution >= 4 is 49.1 Å². The zero-order valence-electron chi connectivity index (χ0n) is 24.9. The Labute approximate surface area is 265 Å². The molecule has 0 saturated carbocycles. The van der Waals surface area contributed by atoms with Crippen LogP contribution in [0.4, 0.5) is 0 Å². The molecule has 3 aromatic heterocycles. The maximum absolute atomic E-state index is 5.11. The van der Waals surface area contributed by atoms with Gasteiger partial charge >= 0.3 is 0 Å². The second kappa shape index (κ2) is 9.65. The topological polar surface area (TPSA) is 22.2 Å². The monoisotopic (exact) mass is 585 g/mol. The maximum Gasteiger partial charge on any atom is 0.145 e. The summed E-state index contributed by atoms with van der Waals surface area (Å²) in [6.07, 6.45) is 0. The summed E-state index contributed by atoms with van der Waals surface area (Å²) in [5.41, 5.74) is 12.9. The van der Waals surface area contributed by atoms with Gasteiger partial charge in [-0.25, -0.2) is 4.98 Å². The van der Waals surface area contributed by atoms with Crippen molar-refractivity contribution in [3.8, 4) is 39.3 Å². The van der Waals surface area contributed by atoms with Crippen molar-refractivity contribution in [3.63, 3.8) is 0 Å². The third-order valence-corrected chi connectivity index (χ3v) is 9.45. The lowest BCUT2D eigenvalue weighted by molar-refractivity contribution is 1.10. The summed E-state index contributed by atoms with van der Waals surface area (Å²) in [7, 11) is 0. The van der Waals surface area contributed by atoms with Crippen molar-refractivity contribution in [2.75, 3.05) is 0 Å². The summed E-state index contributed by atoms with van der Waals surface area (Å²) in [5.74, 6) is 0.942. The van der Waals surface area contributed by atoms with Crippen LogP contribution in [0.1, 0.15) is 0 Å². The van der Waals surface area contributed by atoms with Crippen LogP contribution in [-0.4, -0.2) is 14.0 Å². The number of rotatable bonds is 4. The predicted molar refractivity (Wildman–Crippen MR) is 192 cm³/mol. The predicted octanol–water partition coefficient (Wildman–Crippen LogP) is 11.2. The standard InChI is InChI=1S/C43H27N3/c1-3-11-28(12-4-1)30-21-23-39-36(26-30)34-17-10-18-35-37-27-31(22-24-40(37)46(39)42(34)35)29-13-9-14-32(25-29)43-44-38-19-7-8-20-41(38)45(43)33-15-5-2-6-16-33/h1-27H. The van der Waals surface area contributed by atoms with E-state index < -0.39 is 0 Å². The smallest absolute Gasteiger partial charge is 0.145 e. The van der Waals surface area contributed by atoms with Crippen molar-refractivity contribution in [1.29, 1.82) is 0 Å². The Morgan fingerprint density at radius 1 is 0.370 bits per heavy atom. The zero-order valence-corrected chi connectivity index (χ0v) is 24.9. The van der Waals surface area contributed by atoms with Crippen LogP contribution in [0.2, 0.25) is 0 Å². The van der Waals surface area contributed by atoms with Crippen molar-refractivity contribution in [3.05, 3.63) is 164 Å². The van der Waals surface area contributed by atoms with Crippen LogP contribution in [0.15, 0.2) is 164 Å². The highest BCUT2D eigenvalue weighted by Crippen LogP contribution is 2.41. The second-order valence-electron chi connectivity index (χ2n) is 12.0. The van der Waals surface area contributed by atoms with Crippen LogP contribution in [0, 0.1) is 0 Å². The van der Waals surface area contributed by atoms with Gasteiger partial charge in [0, 0.05) is 32.8 Å². The summed E-state index contributed by atoms with van der Waals surface area (Å²) >= 11 is 0. The maximum atomic E-state index is 5.11. The first-order valence-corrected chi connectivity index (χ1v) is 15.7. The Hall–Kier alpha value is -6.19. The summed E-state index contributed by atoms with van der Waals surface area (Å²) in [4.78, 5) is 5.11. The fourth-order valence-electron chi connectivity index (χ4n) is 7.37. The van der Waals surface area contributed by atoms with Crippen LogP contribution >= 0.6 is 0 Å². The summed E-state index contributed by atoms with van der Waals surface area (Å²) in [6.45, 7) is 0. The molecule has 214 valence electrons. The molecule has 10 rings (SSSR count). The van der Waals surface area contributed by atoms with E-state index >= 15 is 0 Å². The average Bonchev–Trinajstić information content (AvgIpc) is 3.79. The number of hydrogen-bond donors (Lipinski definition) is 0. The van der Waals surface area contributed by atoms with Gasteiger partial charge in [0.05, 0.1) is 27.6 Å². The van der Waals surface area contributed by atoms with Crippen LogP contribution in [0.3, 0.4) is 0 Å². The van der Waals surface area contributed by atoms with Gasteiger partial charge in [-0.1, -0.05) is 109 Å². The van der Waals surface area contributed by atoms with Gasteiger partial charge in [0.1, 0.15) is 5.82 Å². The second-order valence-corrected chi connectivity index (χ2v) is 12.0. The van der Waals surface area contributed by atoms with E-state index in [2.05, 4.69) is 173 Å². The van der Waals surface area contributed by atoms with Crippen LogP contribution in [0.5, 0.6) is 0 Å². The van der Waals surface area contributed by atoms with Gasteiger partial charge in [-0.05, 0) is 76.9 Å². The molecule has 0 atom stereocenters. The van der Waals surface area contributed by atoms with Crippen molar-refractivity contribution < 1.29 is 0 Å². The lowest BCUT2D eigenvalue weighted by Crippen LogP contribution is -1.97. The van der Waals surface area contributed by atoms with Gasteiger partial charge in [0.25, 0.3) is 0 Å². The zero-order chi connectivity index (χ0) is 30.2. The molecule has 0 amide bonds. The first kappa shape index (κ1) is 25.2. The highest BCUT2D eigenvalue weighted by atomic mass is 15.1. The van der Waals surface area contributed by atoms with E-state index in [0.29, 0.717) is 0 Å². The Balaban J connectivity index is 1.14. The normalized spacial score (nSPS) is 11.9. The third-order valence-electron chi connectivity index (χ3n) is 9.45. The Bertz CT molecular complexity index is 2730. The van der Waals surface area contributed by atoms with E-state index in [-0.39, 0.29) is 0 Å². The van der Waals surface area contributed by atoms with E-state index in [0.717, 1.165) is 28.1 Å². The van der Waals surface area contributed by atoms with E-state index in [9.17, 15) is 0 Å². The molecule has 0 fully saturated rings. The number of imidazole rings is 1. The largest absolute Gasteiger partial charge is 0.308 e. The number of hydrogen-bond acceptors (Lipinski definition) is 1. The van der Waals surface area contributed by atoms with Gasteiger partial charge in [-0.2, -0.15) is 0 Å². The molecule has 0 saturated heterocycles. The number of para-hydroxylation sites is 4. The SMILES string of the molecule is c1ccc(-c2ccc3c(c2)c2cccc4c5cc(-c6cccc(-c7nc8ccccc8n7-c7ccccc7)c6)ccc5n3c24)cc1. The molecule has 0 N–H and O–H groups in total. The summed E-state index contributed by atoms with van der Waals surface area (Å²) in [6, 6.07) is 58.8. The van der Waals surface area contributed by atoms with E-state index in [4.69, 9.17) is 4.98 Å². The minimum Gasteiger partial charge on any atom is -0.308 e. The molecule has 0 aliphatic rings. The number of aromatic nitrogens is 3. The van der Waals surface area contributed by atoms with Gasteiger partial charge in [0.15, 0.2) is 0 Å². The highest BCUT2D eigenvalue weighted by molar-refractivity contribution is 6.24. The molecule has 3 heterocycles. The molecule has 0 unspecified atom stereocenters. The molecule has 7 aromatic carbocycles. The highest BCUT2D eigenvalue weighted by Gasteiger charge is 2.19. The van der Waals surface area contributed by atoms with Crippen molar-refractivity contribution in [1.82, 2.24) is 14.0 Å². The quantitative estimate of drug-likeness (QED) is 0.201. The molecular formula is C43H27N3. The first-order valence-electron chi connectivity index (χ1n) is 15.7. The average molecular weight is 586 g/mol. The molecule has 10 aromatic rings. The molecule has 3 heteroatoms. The number of fused-ring (bicyclic) bond motifs is 7. The molecule has 0 spiro atoms. The number of benzene rings is 7. The minimum absolute atomic E-state index is 0.942. The van der Waals surface area contributed by atoms with Crippen LogP contribution in [0.25, 0.3) is 88.5 Å². The van der Waals surface area contributed by atoms with E-state index in [1.54, 1.807) is 0 Å². The molecular weight excluding hydrogens is 558 g/mol. The van der Waals surface area contributed by atoms with Crippen molar-refractivity contribution in [2.45, 2.75) is 0 Å². The summed E-state index contributed by atoms with van der Waals surface area (Å²) < 4.78 is 4.71. The summed E-state index contributed by atoms with van der Waals surface area (Å²) in [5, 5.41) is 5.15. The first-order chi connectivity index (χ1) is 22.8. The molecule has 0 bridgehead atoms. The van der Waals surface area contributed by atoms with E-state index in [1.807, 2.05) is 0 Å². The van der Waals surface area contributed by atoms with Gasteiger partial charge < -0.3 is 4.40 Å². The Kier molecular flexibility index (Phi) is 5.28. The molecule has 0 aliphatic heterocycles. The lowest BCUT2D eigenvalue weighted by Gasteiger charge is -2.11. The third kappa shape index (κ3) is 3.63. The van der Waals surface area contributed by atoms with Gasteiger partial charge in [-0.3, -0.25) is 4.57 Å². The van der Waals surface area contributed by atoms with Crippen molar-refractivity contribution in [2.24, 2.45) is 0 Å². The molecule has 0 aliphatic carbocycles. The number of nitrogens with zero attached hydrogens (tertiary/aromatic N) is 3. The van der Waals surface area contributed by atoms with Gasteiger partial charge in [-0.15, -0.1) is 0 Å². The fraction of sp³-hybridized carbons (Fsp3) is 0. The molecule has 0 radical (unpaired) electrons. The Morgan fingerprint density at radius 3 is 1.67 bits per heavy atom. The van der Waals surface area contributed by atoms with Crippen LogP contribution in [-0.2, 0) is 0 Å².